The Hall–Kier alpha value is -3.33. The maximum Gasteiger partial charge on any atom is 0.387 e. The van der Waals surface area contributed by atoms with E-state index in [1.807, 2.05) is 4.90 Å². The van der Waals surface area contributed by atoms with Crippen molar-refractivity contribution >= 4 is 57.7 Å². The molecule has 0 unspecified atom stereocenters. The molecule has 2 aromatic heterocycles. The molecule has 3 aromatic rings. The molecule has 0 spiro atoms. The van der Waals surface area contributed by atoms with Gasteiger partial charge in [0, 0.05) is 45.3 Å². The number of nitrogens with one attached hydrogen (secondary N) is 2. The maximum absolute atomic E-state index is 15.7. The SMILES string of the molecule is CN1CCN(C2CCN(c3ccc(Nc4ncc(Cl)c(Nc5ccsc5C(N)=O)n4)c(OC(F)F)c3F)CC2)CC1. The fourth-order valence-electron chi connectivity index (χ4n) is 5.11. The summed E-state index contributed by atoms with van der Waals surface area (Å²) in [5.74, 6) is -2.10. The third kappa shape index (κ3) is 6.77. The van der Waals surface area contributed by atoms with Crippen LogP contribution < -0.4 is 26.0 Å². The van der Waals surface area contributed by atoms with Crippen LogP contribution in [0.1, 0.15) is 22.5 Å². The lowest BCUT2D eigenvalue weighted by Crippen LogP contribution is -2.52. The van der Waals surface area contributed by atoms with Gasteiger partial charge in [-0.2, -0.15) is 13.8 Å². The molecular weight excluding hydrogens is 581 g/mol. The molecule has 2 aliphatic rings. The van der Waals surface area contributed by atoms with E-state index in [4.69, 9.17) is 17.3 Å². The fourth-order valence-corrected chi connectivity index (χ4v) is 5.95. The van der Waals surface area contributed by atoms with Gasteiger partial charge in [-0.15, -0.1) is 11.3 Å². The van der Waals surface area contributed by atoms with Crippen LogP contribution in [-0.2, 0) is 0 Å². The van der Waals surface area contributed by atoms with Crippen molar-refractivity contribution in [1.29, 1.82) is 0 Å². The van der Waals surface area contributed by atoms with E-state index < -0.39 is 24.1 Å². The number of hydrogen-bond donors (Lipinski definition) is 3. The minimum absolute atomic E-state index is 0.0630. The lowest BCUT2D eigenvalue weighted by Gasteiger charge is -2.42. The van der Waals surface area contributed by atoms with Gasteiger partial charge in [-0.3, -0.25) is 9.69 Å². The fraction of sp³-hybridized carbons (Fsp3) is 0.423. The van der Waals surface area contributed by atoms with Crippen LogP contribution in [0.15, 0.2) is 29.8 Å². The summed E-state index contributed by atoms with van der Waals surface area (Å²) in [6.07, 6.45) is 2.98. The van der Waals surface area contributed by atoms with Crippen LogP contribution >= 0.6 is 22.9 Å². The highest BCUT2D eigenvalue weighted by Crippen LogP contribution is 2.39. The maximum atomic E-state index is 15.7. The number of thiophene rings is 1. The number of halogens is 4. The van der Waals surface area contributed by atoms with Crippen molar-refractivity contribution in [3.8, 4) is 5.75 Å². The third-order valence-corrected chi connectivity index (χ3v) is 8.48. The zero-order chi connectivity index (χ0) is 29.1. The first-order chi connectivity index (χ1) is 19.7. The van der Waals surface area contributed by atoms with E-state index in [-0.39, 0.29) is 33.0 Å². The van der Waals surface area contributed by atoms with Crippen molar-refractivity contribution in [2.24, 2.45) is 5.73 Å². The Labute approximate surface area is 244 Å². The molecule has 10 nitrogen and oxygen atoms in total. The average molecular weight is 611 g/mol. The molecule has 4 N–H and O–H groups in total. The molecule has 0 atom stereocenters. The monoisotopic (exact) mass is 610 g/mol. The number of carbonyl (C=O) groups is 1. The van der Waals surface area contributed by atoms with Crippen molar-refractivity contribution in [1.82, 2.24) is 19.8 Å². The first kappa shape index (κ1) is 29.2. The van der Waals surface area contributed by atoms with E-state index in [0.29, 0.717) is 24.8 Å². The minimum atomic E-state index is -3.25. The Morgan fingerprint density at radius 2 is 1.85 bits per heavy atom. The molecule has 2 aliphatic heterocycles. The number of nitrogens with zero attached hydrogens (tertiary/aromatic N) is 5. The molecule has 0 radical (unpaired) electrons. The quantitative estimate of drug-likeness (QED) is 0.316. The molecule has 0 bridgehead atoms. The number of alkyl halides is 2. The molecule has 0 aliphatic carbocycles. The van der Waals surface area contributed by atoms with Gasteiger partial charge in [0.1, 0.15) is 9.90 Å². The number of carbonyl (C=O) groups excluding carboxylic acids is 1. The number of amides is 1. The number of likely N-dealkylation sites (N-methyl/N-ethyl adjacent to an activating group) is 1. The number of ether oxygens (including phenoxy) is 1. The zero-order valence-corrected chi connectivity index (χ0v) is 23.8. The largest absolute Gasteiger partial charge is 0.429 e. The summed E-state index contributed by atoms with van der Waals surface area (Å²) < 4.78 is 47.1. The lowest BCUT2D eigenvalue weighted by atomic mass is 10.0. The van der Waals surface area contributed by atoms with Crippen LogP contribution in [0.5, 0.6) is 5.75 Å². The molecule has 15 heteroatoms. The molecule has 41 heavy (non-hydrogen) atoms. The van der Waals surface area contributed by atoms with Crippen molar-refractivity contribution in [3.63, 3.8) is 0 Å². The molecule has 4 heterocycles. The van der Waals surface area contributed by atoms with Crippen molar-refractivity contribution in [2.45, 2.75) is 25.5 Å². The molecule has 2 saturated heterocycles. The second kappa shape index (κ2) is 12.7. The minimum Gasteiger partial charge on any atom is -0.429 e. The Bertz CT molecular complexity index is 1380. The first-order valence-electron chi connectivity index (χ1n) is 13.1. The normalized spacial score (nSPS) is 17.2. The van der Waals surface area contributed by atoms with Crippen molar-refractivity contribution in [3.05, 3.63) is 45.5 Å². The van der Waals surface area contributed by atoms with Crippen LogP contribution in [-0.4, -0.2) is 84.6 Å². The van der Waals surface area contributed by atoms with Gasteiger partial charge in [0.2, 0.25) is 5.95 Å². The van der Waals surface area contributed by atoms with E-state index in [0.717, 1.165) is 50.4 Å². The molecule has 5 rings (SSSR count). The topological polar surface area (TPSA) is 112 Å². The predicted octanol–water partition coefficient (Wildman–Crippen LogP) is 4.73. The van der Waals surface area contributed by atoms with Gasteiger partial charge in [0.05, 0.1) is 23.3 Å². The van der Waals surface area contributed by atoms with Crippen LogP contribution in [0.25, 0.3) is 0 Å². The molecule has 1 aromatic carbocycles. The van der Waals surface area contributed by atoms with Crippen molar-refractivity contribution < 1.29 is 22.7 Å². The number of piperazine rings is 1. The van der Waals surface area contributed by atoms with Crippen LogP contribution in [0.2, 0.25) is 5.02 Å². The number of aromatic nitrogens is 2. The van der Waals surface area contributed by atoms with Gasteiger partial charge >= 0.3 is 6.61 Å². The first-order valence-corrected chi connectivity index (χ1v) is 14.3. The zero-order valence-electron chi connectivity index (χ0n) is 22.2. The number of hydrogen-bond acceptors (Lipinski definition) is 10. The number of nitrogens with two attached hydrogens (primary N) is 1. The highest BCUT2D eigenvalue weighted by molar-refractivity contribution is 7.12. The Balaban J connectivity index is 1.33. The van der Waals surface area contributed by atoms with Gasteiger partial charge < -0.3 is 30.9 Å². The molecular formula is C26H30ClF3N8O2S. The summed E-state index contributed by atoms with van der Waals surface area (Å²) in [4.78, 5) is 26.9. The van der Waals surface area contributed by atoms with E-state index in [1.54, 1.807) is 11.4 Å². The Kier molecular flexibility index (Phi) is 9.02. The Morgan fingerprint density at radius 1 is 1.12 bits per heavy atom. The van der Waals surface area contributed by atoms with Crippen LogP contribution in [0.3, 0.4) is 0 Å². The van der Waals surface area contributed by atoms with E-state index in [2.05, 4.69) is 42.2 Å². The summed E-state index contributed by atoms with van der Waals surface area (Å²) in [5.41, 5.74) is 5.90. The average Bonchev–Trinajstić information content (AvgIpc) is 3.42. The summed E-state index contributed by atoms with van der Waals surface area (Å²) in [7, 11) is 2.11. The highest BCUT2D eigenvalue weighted by Gasteiger charge is 2.29. The second-order valence-corrected chi connectivity index (χ2v) is 11.2. The van der Waals surface area contributed by atoms with E-state index in [1.165, 1.54) is 18.3 Å². The number of benzene rings is 1. The third-order valence-electron chi connectivity index (χ3n) is 7.28. The van der Waals surface area contributed by atoms with Gasteiger partial charge in [0.25, 0.3) is 5.91 Å². The van der Waals surface area contributed by atoms with E-state index >= 15 is 4.39 Å². The van der Waals surface area contributed by atoms with Gasteiger partial charge in [-0.05, 0) is 43.5 Å². The van der Waals surface area contributed by atoms with Gasteiger partial charge in [0.15, 0.2) is 17.4 Å². The van der Waals surface area contributed by atoms with Crippen molar-refractivity contribution in [2.75, 3.05) is 61.8 Å². The molecule has 1 amide bonds. The Morgan fingerprint density at radius 3 is 2.54 bits per heavy atom. The number of rotatable bonds is 9. The van der Waals surface area contributed by atoms with Gasteiger partial charge in [-0.25, -0.2) is 9.37 Å². The predicted molar refractivity (Wildman–Crippen MR) is 154 cm³/mol. The summed E-state index contributed by atoms with van der Waals surface area (Å²) in [6, 6.07) is 5.04. The summed E-state index contributed by atoms with van der Waals surface area (Å²) >= 11 is 7.37. The van der Waals surface area contributed by atoms with Gasteiger partial charge in [-0.1, -0.05) is 11.6 Å². The highest BCUT2D eigenvalue weighted by atomic mass is 35.5. The standard InChI is InChI=1S/C26H30ClF3N8O2S/c1-36-9-11-37(12-10-36)15-4-7-38(8-5-15)19-3-2-17(21(20(19)28)40-25(29)30)34-26-32-14-16(27)24(35-26)33-18-6-13-41-22(18)23(31)39/h2-3,6,13-15,25H,4-5,7-12H2,1H3,(H2,31,39)(H2,32,33,34,35). The van der Waals surface area contributed by atoms with Crippen LogP contribution in [0, 0.1) is 5.82 Å². The summed E-state index contributed by atoms with van der Waals surface area (Å²) in [5, 5.41) is 7.46. The lowest BCUT2D eigenvalue weighted by molar-refractivity contribution is -0.0516. The van der Waals surface area contributed by atoms with E-state index in [9.17, 15) is 13.6 Å². The molecule has 220 valence electrons. The summed E-state index contributed by atoms with van der Waals surface area (Å²) in [6.45, 7) is 2.00. The smallest absolute Gasteiger partial charge is 0.387 e. The molecule has 0 saturated carbocycles. The second-order valence-electron chi connectivity index (χ2n) is 9.88. The van der Waals surface area contributed by atoms with Crippen LogP contribution in [0.4, 0.5) is 42.0 Å². The number of anilines is 5. The number of piperidine rings is 1. The number of primary amides is 1. The molecule has 2 fully saturated rings.